The van der Waals surface area contributed by atoms with Crippen molar-refractivity contribution in [3.8, 4) is 5.75 Å². The number of carbonyl (C=O) groups excluding carboxylic acids is 1. The van der Waals surface area contributed by atoms with Crippen LogP contribution in [0.2, 0.25) is 0 Å². The van der Waals surface area contributed by atoms with Crippen molar-refractivity contribution in [1.29, 1.82) is 0 Å². The third-order valence-corrected chi connectivity index (χ3v) is 4.22. The maximum atomic E-state index is 12.6. The van der Waals surface area contributed by atoms with Gasteiger partial charge in [0.25, 0.3) is 5.91 Å². The molecule has 0 saturated carbocycles. The Bertz CT molecular complexity index is 753. The Kier molecular flexibility index (Phi) is 5.71. The van der Waals surface area contributed by atoms with Gasteiger partial charge < -0.3 is 15.0 Å². The van der Waals surface area contributed by atoms with Crippen LogP contribution in [0, 0.1) is 6.92 Å². The highest BCUT2D eigenvalue weighted by Gasteiger charge is 2.16. The largest absolute Gasteiger partial charge is 0.491 e. The van der Waals surface area contributed by atoms with Crippen molar-refractivity contribution >= 4 is 17.4 Å². The van der Waals surface area contributed by atoms with Gasteiger partial charge in [-0.1, -0.05) is 0 Å². The molecule has 1 aliphatic rings. The number of amides is 1. The van der Waals surface area contributed by atoms with Crippen LogP contribution in [0.1, 0.15) is 49.4 Å². The predicted molar refractivity (Wildman–Crippen MR) is 103 cm³/mol. The number of aryl methyl sites for hydroxylation is 1. The molecule has 1 saturated heterocycles. The van der Waals surface area contributed by atoms with Crippen LogP contribution in [0.25, 0.3) is 0 Å². The molecule has 0 radical (unpaired) electrons. The number of anilines is 2. The van der Waals surface area contributed by atoms with E-state index in [1.54, 1.807) is 6.07 Å². The molecule has 3 rings (SSSR count). The molecule has 0 spiro atoms. The molecule has 0 atom stereocenters. The number of ether oxygens (including phenoxy) is 1. The molecule has 1 amide bonds. The quantitative estimate of drug-likeness (QED) is 0.884. The first-order valence-corrected chi connectivity index (χ1v) is 9.20. The first-order valence-electron chi connectivity index (χ1n) is 9.20. The summed E-state index contributed by atoms with van der Waals surface area (Å²) >= 11 is 0. The molecule has 2 aromatic rings. The normalized spacial score (nSPS) is 14.4. The van der Waals surface area contributed by atoms with Crippen LogP contribution < -0.4 is 15.0 Å². The average Bonchev–Trinajstić information content (AvgIpc) is 2.63. The number of nitrogens with zero attached hydrogens (tertiary/aromatic N) is 3. The Balaban J connectivity index is 1.72. The van der Waals surface area contributed by atoms with Gasteiger partial charge >= 0.3 is 0 Å². The van der Waals surface area contributed by atoms with Crippen LogP contribution in [0.15, 0.2) is 30.3 Å². The van der Waals surface area contributed by atoms with Crippen LogP contribution in [-0.2, 0) is 0 Å². The molecule has 1 aliphatic heterocycles. The fourth-order valence-corrected chi connectivity index (χ4v) is 3.04. The molecule has 0 bridgehead atoms. The molecular weight excluding hydrogens is 328 g/mol. The minimum absolute atomic E-state index is 0.118. The second-order valence-electron chi connectivity index (χ2n) is 6.85. The Morgan fingerprint density at radius 1 is 1.12 bits per heavy atom. The van der Waals surface area contributed by atoms with Crippen molar-refractivity contribution < 1.29 is 9.53 Å². The van der Waals surface area contributed by atoms with E-state index in [-0.39, 0.29) is 12.0 Å². The smallest absolute Gasteiger partial charge is 0.274 e. The topological polar surface area (TPSA) is 67.3 Å². The predicted octanol–water partition coefficient (Wildman–Crippen LogP) is 3.81. The van der Waals surface area contributed by atoms with E-state index in [2.05, 4.69) is 20.2 Å². The highest BCUT2D eigenvalue weighted by molar-refractivity contribution is 6.03. The van der Waals surface area contributed by atoms with E-state index < -0.39 is 0 Å². The molecule has 1 aromatic carbocycles. The monoisotopic (exact) mass is 354 g/mol. The second-order valence-corrected chi connectivity index (χ2v) is 6.85. The van der Waals surface area contributed by atoms with Crippen LogP contribution in [0.5, 0.6) is 5.75 Å². The van der Waals surface area contributed by atoms with E-state index in [1.165, 1.54) is 6.42 Å². The highest BCUT2D eigenvalue weighted by Crippen LogP contribution is 2.20. The Hall–Kier alpha value is -2.63. The summed E-state index contributed by atoms with van der Waals surface area (Å²) in [5.74, 6) is 2.00. The van der Waals surface area contributed by atoms with Crippen LogP contribution in [0.4, 0.5) is 11.5 Å². The zero-order chi connectivity index (χ0) is 18.5. The molecule has 0 aliphatic carbocycles. The third-order valence-electron chi connectivity index (χ3n) is 4.22. The Morgan fingerprint density at radius 2 is 1.81 bits per heavy atom. The lowest BCUT2D eigenvalue weighted by atomic mass is 10.1. The lowest BCUT2D eigenvalue weighted by Crippen LogP contribution is -2.31. The molecule has 2 heterocycles. The Morgan fingerprint density at radius 3 is 2.46 bits per heavy atom. The third kappa shape index (κ3) is 4.71. The first kappa shape index (κ1) is 18.2. The van der Waals surface area contributed by atoms with Crippen molar-refractivity contribution in [1.82, 2.24) is 9.97 Å². The van der Waals surface area contributed by atoms with Gasteiger partial charge in [0.15, 0.2) is 0 Å². The van der Waals surface area contributed by atoms with Crippen molar-refractivity contribution in [2.75, 3.05) is 23.3 Å². The van der Waals surface area contributed by atoms with Gasteiger partial charge in [0, 0.05) is 24.8 Å². The molecule has 138 valence electrons. The lowest BCUT2D eigenvalue weighted by Gasteiger charge is -2.28. The minimum Gasteiger partial charge on any atom is -0.491 e. The number of piperidine rings is 1. The van der Waals surface area contributed by atoms with Crippen molar-refractivity contribution in [3.63, 3.8) is 0 Å². The van der Waals surface area contributed by atoms with E-state index in [4.69, 9.17) is 4.74 Å². The van der Waals surface area contributed by atoms with Crippen molar-refractivity contribution in [2.24, 2.45) is 0 Å². The van der Waals surface area contributed by atoms with Crippen LogP contribution in [0.3, 0.4) is 0 Å². The van der Waals surface area contributed by atoms with Gasteiger partial charge in [-0.3, -0.25) is 4.79 Å². The Labute approximate surface area is 154 Å². The molecule has 6 nitrogen and oxygen atoms in total. The summed E-state index contributed by atoms with van der Waals surface area (Å²) < 4.78 is 5.62. The summed E-state index contributed by atoms with van der Waals surface area (Å²) in [6, 6.07) is 9.13. The highest BCUT2D eigenvalue weighted by atomic mass is 16.5. The minimum atomic E-state index is -0.230. The molecule has 1 aromatic heterocycles. The summed E-state index contributed by atoms with van der Waals surface area (Å²) in [6.45, 7) is 7.74. The van der Waals surface area contributed by atoms with Crippen molar-refractivity contribution in [2.45, 2.75) is 46.1 Å². The van der Waals surface area contributed by atoms with Gasteiger partial charge in [-0.05, 0) is 64.3 Å². The van der Waals surface area contributed by atoms with Crippen LogP contribution in [-0.4, -0.2) is 35.1 Å². The van der Waals surface area contributed by atoms with Crippen LogP contribution >= 0.6 is 0 Å². The summed E-state index contributed by atoms with van der Waals surface area (Å²) in [4.78, 5) is 23.7. The van der Waals surface area contributed by atoms with Crippen molar-refractivity contribution in [3.05, 3.63) is 41.9 Å². The fraction of sp³-hybridized carbons (Fsp3) is 0.450. The van der Waals surface area contributed by atoms with E-state index in [1.807, 2.05) is 45.0 Å². The molecule has 26 heavy (non-hydrogen) atoms. The standard InChI is InChI=1S/C20H26N4O2/c1-14(2)26-17-9-7-16(8-10-17)23-20(25)18-13-19(22-15(3)21-18)24-11-5-4-6-12-24/h7-10,13-14H,4-6,11-12H2,1-3H3,(H,23,25). The van der Waals surface area contributed by atoms with E-state index in [0.717, 1.165) is 37.5 Å². The van der Waals surface area contributed by atoms with Gasteiger partial charge in [0.2, 0.25) is 0 Å². The number of hydrogen-bond acceptors (Lipinski definition) is 5. The number of carbonyl (C=O) groups is 1. The SMILES string of the molecule is Cc1nc(C(=O)Nc2ccc(OC(C)C)cc2)cc(N2CCCCC2)n1. The number of hydrogen-bond donors (Lipinski definition) is 1. The first-order chi connectivity index (χ1) is 12.5. The number of nitrogens with one attached hydrogen (secondary N) is 1. The van der Waals surface area contributed by atoms with Gasteiger partial charge in [-0.2, -0.15) is 0 Å². The average molecular weight is 354 g/mol. The van der Waals surface area contributed by atoms with Gasteiger partial charge in [-0.15, -0.1) is 0 Å². The van der Waals surface area contributed by atoms with E-state index >= 15 is 0 Å². The maximum absolute atomic E-state index is 12.6. The summed E-state index contributed by atoms with van der Waals surface area (Å²) in [5, 5.41) is 2.89. The summed E-state index contributed by atoms with van der Waals surface area (Å²) in [5.41, 5.74) is 1.10. The molecule has 1 fully saturated rings. The van der Waals surface area contributed by atoms with Gasteiger partial charge in [0.05, 0.1) is 6.10 Å². The number of aromatic nitrogens is 2. The fourth-order valence-electron chi connectivity index (χ4n) is 3.04. The summed E-state index contributed by atoms with van der Waals surface area (Å²) in [7, 11) is 0. The summed E-state index contributed by atoms with van der Waals surface area (Å²) in [6.07, 6.45) is 3.70. The molecule has 1 N–H and O–H groups in total. The molecular formula is C20H26N4O2. The van der Waals surface area contributed by atoms with E-state index in [9.17, 15) is 4.79 Å². The number of rotatable bonds is 5. The second kappa shape index (κ2) is 8.17. The van der Waals surface area contributed by atoms with E-state index in [0.29, 0.717) is 17.2 Å². The maximum Gasteiger partial charge on any atom is 0.274 e. The lowest BCUT2D eigenvalue weighted by molar-refractivity contribution is 0.102. The zero-order valence-electron chi connectivity index (χ0n) is 15.7. The van der Waals surface area contributed by atoms with Gasteiger partial charge in [-0.25, -0.2) is 9.97 Å². The van der Waals surface area contributed by atoms with Gasteiger partial charge in [0.1, 0.15) is 23.1 Å². The zero-order valence-corrected chi connectivity index (χ0v) is 15.7. The molecule has 6 heteroatoms. The number of benzene rings is 1. The molecule has 0 unspecified atom stereocenters.